The molecule has 3 aromatic rings. The van der Waals surface area contributed by atoms with Gasteiger partial charge >= 0.3 is 0 Å². The van der Waals surface area contributed by atoms with Crippen molar-refractivity contribution in [3.8, 4) is 17.0 Å². The summed E-state index contributed by atoms with van der Waals surface area (Å²) in [6.07, 6.45) is 0. The zero-order valence-electron chi connectivity index (χ0n) is 14.0. The van der Waals surface area contributed by atoms with Gasteiger partial charge in [0.25, 0.3) is 0 Å². The zero-order chi connectivity index (χ0) is 17.1. The molecule has 24 heavy (non-hydrogen) atoms. The summed E-state index contributed by atoms with van der Waals surface area (Å²) >= 11 is 3.28. The number of anilines is 1. The van der Waals surface area contributed by atoms with Crippen molar-refractivity contribution in [2.24, 2.45) is 0 Å². The molecule has 0 fully saturated rings. The number of nitrogen functional groups attached to an aromatic ring is 1. The molecule has 124 valence electrons. The molecule has 3 nitrogen and oxygen atoms in total. The standard InChI is InChI=1S/C19H20N2OS2/c1-12-4-5-13(2)15(10-12)11-23-19-21-17(18(20)24-19)14-6-8-16(22-3)9-7-14/h4-10H,11,20H2,1-3H3. The Morgan fingerprint density at radius 2 is 1.88 bits per heavy atom. The fourth-order valence-electron chi connectivity index (χ4n) is 2.42. The van der Waals surface area contributed by atoms with E-state index in [-0.39, 0.29) is 0 Å². The maximum absolute atomic E-state index is 6.18. The van der Waals surface area contributed by atoms with E-state index >= 15 is 0 Å². The molecule has 1 aromatic heterocycles. The molecule has 1 heterocycles. The normalized spacial score (nSPS) is 10.8. The summed E-state index contributed by atoms with van der Waals surface area (Å²) < 4.78 is 6.19. The average Bonchev–Trinajstić information content (AvgIpc) is 2.96. The van der Waals surface area contributed by atoms with Gasteiger partial charge in [-0.15, -0.1) is 0 Å². The predicted octanol–water partition coefficient (Wildman–Crippen LogP) is 5.31. The van der Waals surface area contributed by atoms with E-state index in [0.717, 1.165) is 32.1 Å². The highest BCUT2D eigenvalue weighted by atomic mass is 32.2. The summed E-state index contributed by atoms with van der Waals surface area (Å²) in [5, 5.41) is 0.753. The molecule has 0 aliphatic heterocycles. The third-order valence-electron chi connectivity index (χ3n) is 3.85. The van der Waals surface area contributed by atoms with Crippen molar-refractivity contribution in [1.29, 1.82) is 0 Å². The number of rotatable bonds is 5. The van der Waals surface area contributed by atoms with E-state index in [1.807, 2.05) is 24.3 Å². The van der Waals surface area contributed by atoms with Crippen LogP contribution in [0.25, 0.3) is 11.3 Å². The number of thioether (sulfide) groups is 1. The van der Waals surface area contributed by atoms with Crippen molar-refractivity contribution in [1.82, 2.24) is 4.98 Å². The van der Waals surface area contributed by atoms with Crippen LogP contribution in [0.1, 0.15) is 16.7 Å². The van der Waals surface area contributed by atoms with Crippen molar-refractivity contribution in [3.05, 3.63) is 59.2 Å². The van der Waals surface area contributed by atoms with Crippen molar-refractivity contribution >= 4 is 28.1 Å². The van der Waals surface area contributed by atoms with Gasteiger partial charge in [-0.3, -0.25) is 0 Å². The zero-order valence-corrected chi connectivity index (χ0v) is 15.6. The van der Waals surface area contributed by atoms with Crippen molar-refractivity contribution < 1.29 is 4.74 Å². The SMILES string of the molecule is COc1ccc(-c2nc(SCc3cc(C)ccc3C)sc2N)cc1. The Labute approximate surface area is 150 Å². The Bertz CT molecular complexity index is 841. The van der Waals surface area contributed by atoms with Gasteiger partial charge in [0.05, 0.1) is 7.11 Å². The number of nitrogens with two attached hydrogens (primary N) is 1. The van der Waals surface area contributed by atoms with Gasteiger partial charge in [0, 0.05) is 11.3 Å². The quantitative estimate of drug-likeness (QED) is 0.629. The van der Waals surface area contributed by atoms with Gasteiger partial charge in [-0.25, -0.2) is 4.98 Å². The molecule has 0 aliphatic carbocycles. The molecule has 0 spiro atoms. The minimum atomic E-state index is 0.753. The predicted molar refractivity (Wildman–Crippen MR) is 104 cm³/mol. The number of hydrogen-bond donors (Lipinski definition) is 1. The van der Waals surface area contributed by atoms with Gasteiger partial charge in [-0.2, -0.15) is 0 Å². The number of ether oxygens (including phenoxy) is 1. The largest absolute Gasteiger partial charge is 0.497 e. The van der Waals surface area contributed by atoms with E-state index in [2.05, 4.69) is 32.0 Å². The van der Waals surface area contributed by atoms with Crippen molar-refractivity contribution in [2.75, 3.05) is 12.8 Å². The summed E-state index contributed by atoms with van der Waals surface area (Å²) in [4.78, 5) is 4.72. The van der Waals surface area contributed by atoms with Gasteiger partial charge in [0.1, 0.15) is 16.4 Å². The highest BCUT2D eigenvalue weighted by molar-refractivity contribution is 8.00. The maximum Gasteiger partial charge on any atom is 0.152 e. The van der Waals surface area contributed by atoms with Crippen LogP contribution in [0.2, 0.25) is 0 Å². The lowest BCUT2D eigenvalue weighted by atomic mass is 10.1. The lowest BCUT2D eigenvalue weighted by Gasteiger charge is -2.05. The second kappa shape index (κ2) is 7.28. The van der Waals surface area contributed by atoms with Crippen LogP contribution < -0.4 is 10.5 Å². The van der Waals surface area contributed by atoms with Crippen LogP contribution in [0.15, 0.2) is 46.8 Å². The molecule has 0 amide bonds. The van der Waals surface area contributed by atoms with E-state index in [9.17, 15) is 0 Å². The molecule has 5 heteroatoms. The van der Waals surface area contributed by atoms with Crippen LogP contribution in [-0.2, 0) is 5.75 Å². The summed E-state index contributed by atoms with van der Waals surface area (Å²) in [6, 6.07) is 14.4. The highest BCUT2D eigenvalue weighted by Gasteiger charge is 2.12. The average molecular weight is 357 g/mol. The van der Waals surface area contributed by atoms with Crippen LogP contribution in [0.4, 0.5) is 5.00 Å². The first-order chi connectivity index (χ1) is 11.6. The lowest BCUT2D eigenvalue weighted by Crippen LogP contribution is -1.88. The molecular weight excluding hydrogens is 336 g/mol. The van der Waals surface area contributed by atoms with Crippen LogP contribution in [0.3, 0.4) is 0 Å². The molecule has 0 bridgehead atoms. The van der Waals surface area contributed by atoms with Crippen LogP contribution in [0, 0.1) is 13.8 Å². The van der Waals surface area contributed by atoms with Crippen molar-refractivity contribution in [2.45, 2.75) is 23.9 Å². The van der Waals surface area contributed by atoms with E-state index in [4.69, 9.17) is 15.5 Å². The number of nitrogens with zero attached hydrogens (tertiary/aromatic N) is 1. The molecule has 0 aliphatic rings. The summed E-state index contributed by atoms with van der Waals surface area (Å²) in [6.45, 7) is 4.27. The monoisotopic (exact) mass is 356 g/mol. The van der Waals surface area contributed by atoms with Gasteiger partial charge < -0.3 is 10.5 Å². The van der Waals surface area contributed by atoms with Crippen LogP contribution >= 0.6 is 23.1 Å². The lowest BCUT2D eigenvalue weighted by molar-refractivity contribution is 0.415. The third-order valence-corrected chi connectivity index (χ3v) is 5.93. The van der Waals surface area contributed by atoms with E-state index in [1.165, 1.54) is 16.7 Å². The summed E-state index contributed by atoms with van der Waals surface area (Å²) in [5.74, 6) is 1.74. The Kier molecular flexibility index (Phi) is 5.11. The maximum atomic E-state index is 6.18. The highest BCUT2D eigenvalue weighted by Crippen LogP contribution is 2.37. The second-order valence-electron chi connectivity index (χ2n) is 5.64. The first-order valence-corrected chi connectivity index (χ1v) is 9.46. The molecule has 0 unspecified atom stereocenters. The number of aryl methyl sites for hydroxylation is 2. The first-order valence-electron chi connectivity index (χ1n) is 7.66. The molecule has 2 aromatic carbocycles. The minimum absolute atomic E-state index is 0.753. The molecular formula is C19H20N2OS2. The number of thiazole rings is 1. The number of benzene rings is 2. The Morgan fingerprint density at radius 3 is 2.58 bits per heavy atom. The molecule has 0 atom stereocenters. The van der Waals surface area contributed by atoms with Crippen LogP contribution in [-0.4, -0.2) is 12.1 Å². The first kappa shape index (κ1) is 16.9. The topological polar surface area (TPSA) is 48.1 Å². The Hall–Kier alpha value is -1.98. The number of hydrogen-bond acceptors (Lipinski definition) is 5. The van der Waals surface area contributed by atoms with E-state index in [1.54, 1.807) is 30.2 Å². The number of methoxy groups -OCH3 is 1. The van der Waals surface area contributed by atoms with E-state index < -0.39 is 0 Å². The van der Waals surface area contributed by atoms with Crippen LogP contribution in [0.5, 0.6) is 5.75 Å². The molecule has 0 saturated carbocycles. The molecule has 0 radical (unpaired) electrons. The van der Waals surface area contributed by atoms with Crippen molar-refractivity contribution in [3.63, 3.8) is 0 Å². The van der Waals surface area contributed by atoms with Gasteiger partial charge in [-0.05, 0) is 49.2 Å². The number of aromatic nitrogens is 1. The molecule has 0 saturated heterocycles. The molecule has 2 N–H and O–H groups in total. The van der Waals surface area contributed by atoms with Gasteiger partial charge in [0.2, 0.25) is 0 Å². The second-order valence-corrected chi connectivity index (χ2v) is 7.89. The summed E-state index contributed by atoms with van der Waals surface area (Å²) in [7, 11) is 1.66. The Balaban J connectivity index is 1.77. The van der Waals surface area contributed by atoms with E-state index in [0.29, 0.717) is 0 Å². The minimum Gasteiger partial charge on any atom is -0.497 e. The third kappa shape index (κ3) is 3.74. The Morgan fingerprint density at radius 1 is 1.12 bits per heavy atom. The fourth-order valence-corrected chi connectivity index (χ4v) is 4.44. The fraction of sp³-hybridized carbons (Fsp3) is 0.211. The van der Waals surface area contributed by atoms with Gasteiger partial charge in [0.15, 0.2) is 4.34 Å². The smallest absolute Gasteiger partial charge is 0.152 e. The summed E-state index contributed by atoms with van der Waals surface area (Å²) in [5.41, 5.74) is 12.0. The molecule has 3 rings (SSSR count). The van der Waals surface area contributed by atoms with Gasteiger partial charge in [-0.1, -0.05) is 46.9 Å².